The molecule has 0 aromatic heterocycles. The Balaban J connectivity index is 1.87. The zero-order chi connectivity index (χ0) is 15.3. The number of ether oxygens (including phenoxy) is 1. The molecule has 1 heterocycles. The van der Waals surface area contributed by atoms with Crippen LogP contribution in [-0.4, -0.2) is 19.8 Å². The van der Waals surface area contributed by atoms with Crippen molar-refractivity contribution in [2.75, 3.05) is 13.7 Å². The Hall–Kier alpha value is -0.860. The minimum atomic E-state index is 0.230. The van der Waals surface area contributed by atoms with E-state index in [2.05, 4.69) is 57.4 Å². The quantitative estimate of drug-likeness (QED) is 0.826. The van der Waals surface area contributed by atoms with E-state index in [1.165, 1.54) is 43.2 Å². The molecule has 0 saturated carbocycles. The minimum absolute atomic E-state index is 0.230. The molecule has 21 heavy (non-hydrogen) atoms. The van der Waals surface area contributed by atoms with Gasteiger partial charge >= 0.3 is 0 Å². The van der Waals surface area contributed by atoms with Crippen LogP contribution in [0.15, 0.2) is 24.3 Å². The first kappa shape index (κ1) is 16.5. The Morgan fingerprint density at radius 1 is 1.24 bits per heavy atom. The lowest BCUT2D eigenvalue weighted by Gasteiger charge is -2.22. The fourth-order valence-corrected chi connectivity index (χ4v) is 3.11. The highest BCUT2D eigenvalue weighted by Crippen LogP contribution is 2.26. The second kappa shape index (κ2) is 7.42. The smallest absolute Gasteiger partial charge is 0.0576 e. The molecular formula is C19H31NO. The summed E-state index contributed by atoms with van der Waals surface area (Å²) in [5.41, 5.74) is 3.03. The summed E-state index contributed by atoms with van der Waals surface area (Å²) >= 11 is 0. The van der Waals surface area contributed by atoms with Gasteiger partial charge in [0.05, 0.1) is 6.10 Å². The van der Waals surface area contributed by atoms with Gasteiger partial charge in [0.25, 0.3) is 0 Å². The van der Waals surface area contributed by atoms with E-state index in [0.717, 1.165) is 6.61 Å². The molecule has 2 heteroatoms. The number of benzene rings is 1. The Morgan fingerprint density at radius 2 is 1.95 bits per heavy atom. The highest BCUT2D eigenvalue weighted by atomic mass is 16.5. The van der Waals surface area contributed by atoms with Crippen molar-refractivity contribution in [2.45, 2.75) is 70.4 Å². The fourth-order valence-electron chi connectivity index (χ4n) is 3.11. The average molecular weight is 289 g/mol. The van der Waals surface area contributed by atoms with Crippen molar-refractivity contribution in [1.29, 1.82) is 0 Å². The molecule has 2 nitrogen and oxygen atoms in total. The zero-order valence-electron chi connectivity index (χ0n) is 14.1. The lowest BCUT2D eigenvalue weighted by molar-refractivity contribution is 0.101. The highest BCUT2D eigenvalue weighted by molar-refractivity contribution is 5.29. The summed E-state index contributed by atoms with van der Waals surface area (Å²) in [7, 11) is 2.06. The Morgan fingerprint density at radius 3 is 2.48 bits per heavy atom. The maximum Gasteiger partial charge on any atom is 0.0576 e. The third-order valence-electron chi connectivity index (χ3n) is 4.57. The van der Waals surface area contributed by atoms with Crippen molar-refractivity contribution in [3.63, 3.8) is 0 Å². The predicted molar refractivity (Wildman–Crippen MR) is 89.8 cm³/mol. The van der Waals surface area contributed by atoms with E-state index in [4.69, 9.17) is 4.74 Å². The molecule has 2 atom stereocenters. The first-order chi connectivity index (χ1) is 10.0. The van der Waals surface area contributed by atoms with Gasteiger partial charge in [-0.3, -0.25) is 0 Å². The second-order valence-corrected chi connectivity index (χ2v) is 7.28. The molecule has 0 amide bonds. The van der Waals surface area contributed by atoms with Gasteiger partial charge in [-0.15, -0.1) is 0 Å². The van der Waals surface area contributed by atoms with Crippen LogP contribution in [0.2, 0.25) is 0 Å². The van der Waals surface area contributed by atoms with Crippen LogP contribution in [0.1, 0.15) is 70.0 Å². The van der Waals surface area contributed by atoms with E-state index < -0.39 is 0 Å². The first-order valence-electron chi connectivity index (χ1n) is 8.40. The van der Waals surface area contributed by atoms with Crippen molar-refractivity contribution < 1.29 is 4.74 Å². The molecule has 1 N–H and O–H groups in total. The number of hydrogen-bond acceptors (Lipinski definition) is 2. The third-order valence-corrected chi connectivity index (χ3v) is 4.57. The van der Waals surface area contributed by atoms with Crippen LogP contribution in [0.5, 0.6) is 0 Å². The summed E-state index contributed by atoms with van der Waals surface area (Å²) in [6, 6.07) is 9.58. The van der Waals surface area contributed by atoms with Gasteiger partial charge in [0, 0.05) is 12.6 Å². The van der Waals surface area contributed by atoms with Crippen LogP contribution in [0.4, 0.5) is 0 Å². The standard InChI is InChI=1S/C19H31NO/c1-19(2,3)16-12-10-15(11-13-16)18(20-4)9-5-7-17-8-6-14-21-17/h10-13,17-18,20H,5-9,14H2,1-4H3. The molecule has 1 fully saturated rings. The molecule has 0 spiro atoms. The SMILES string of the molecule is CNC(CCCC1CCCO1)c1ccc(C(C)(C)C)cc1. The number of hydrogen-bond donors (Lipinski definition) is 1. The van der Waals surface area contributed by atoms with E-state index in [9.17, 15) is 0 Å². The van der Waals surface area contributed by atoms with Gasteiger partial charge in [-0.05, 0) is 55.7 Å². The van der Waals surface area contributed by atoms with Gasteiger partial charge in [-0.1, -0.05) is 45.0 Å². The summed E-state index contributed by atoms with van der Waals surface area (Å²) in [4.78, 5) is 0. The Bertz CT molecular complexity index is 412. The largest absolute Gasteiger partial charge is 0.378 e. The molecule has 2 rings (SSSR count). The first-order valence-corrected chi connectivity index (χ1v) is 8.40. The molecule has 0 aliphatic carbocycles. The molecule has 1 aliphatic heterocycles. The second-order valence-electron chi connectivity index (χ2n) is 7.28. The van der Waals surface area contributed by atoms with E-state index in [1.54, 1.807) is 0 Å². The lowest BCUT2D eigenvalue weighted by atomic mass is 9.86. The average Bonchev–Trinajstić information content (AvgIpc) is 2.96. The van der Waals surface area contributed by atoms with Gasteiger partial charge in [-0.25, -0.2) is 0 Å². The molecule has 1 saturated heterocycles. The van der Waals surface area contributed by atoms with Crippen LogP contribution in [-0.2, 0) is 10.2 Å². The van der Waals surface area contributed by atoms with Crippen molar-refractivity contribution in [2.24, 2.45) is 0 Å². The summed E-state index contributed by atoms with van der Waals surface area (Å²) in [6.45, 7) is 7.76. The molecule has 0 bridgehead atoms. The van der Waals surface area contributed by atoms with Crippen LogP contribution >= 0.6 is 0 Å². The minimum Gasteiger partial charge on any atom is -0.378 e. The van der Waals surface area contributed by atoms with Crippen molar-refractivity contribution >= 4 is 0 Å². The number of nitrogens with one attached hydrogen (secondary N) is 1. The van der Waals surface area contributed by atoms with E-state index >= 15 is 0 Å². The predicted octanol–water partition coefficient (Wildman–Crippen LogP) is 4.59. The van der Waals surface area contributed by atoms with E-state index in [1.807, 2.05) is 0 Å². The maximum atomic E-state index is 5.71. The molecule has 118 valence electrons. The zero-order valence-corrected chi connectivity index (χ0v) is 14.1. The third kappa shape index (κ3) is 4.82. The number of rotatable bonds is 6. The van der Waals surface area contributed by atoms with Crippen molar-refractivity contribution in [3.05, 3.63) is 35.4 Å². The van der Waals surface area contributed by atoms with Gasteiger partial charge in [0.15, 0.2) is 0 Å². The lowest BCUT2D eigenvalue weighted by Crippen LogP contribution is -2.18. The molecule has 1 aromatic rings. The molecule has 1 aromatic carbocycles. The Labute approximate surface area is 130 Å². The van der Waals surface area contributed by atoms with Gasteiger partial charge in [0.2, 0.25) is 0 Å². The summed E-state index contributed by atoms with van der Waals surface area (Å²) in [6.07, 6.45) is 6.64. The van der Waals surface area contributed by atoms with Crippen LogP contribution in [0, 0.1) is 0 Å². The topological polar surface area (TPSA) is 21.3 Å². The summed E-state index contributed by atoms with van der Waals surface area (Å²) < 4.78 is 5.71. The van der Waals surface area contributed by atoms with Crippen LogP contribution in [0.3, 0.4) is 0 Å². The van der Waals surface area contributed by atoms with Crippen molar-refractivity contribution in [1.82, 2.24) is 5.32 Å². The van der Waals surface area contributed by atoms with Gasteiger partial charge in [-0.2, -0.15) is 0 Å². The van der Waals surface area contributed by atoms with E-state index in [0.29, 0.717) is 12.1 Å². The molecular weight excluding hydrogens is 258 g/mol. The maximum absolute atomic E-state index is 5.71. The van der Waals surface area contributed by atoms with E-state index in [-0.39, 0.29) is 5.41 Å². The molecule has 2 unspecified atom stereocenters. The normalized spacial score (nSPS) is 20.7. The highest BCUT2D eigenvalue weighted by Gasteiger charge is 2.17. The van der Waals surface area contributed by atoms with Crippen molar-refractivity contribution in [3.8, 4) is 0 Å². The molecule has 1 aliphatic rings. The Kier molecular flexibility index (Phi) is 5.83. The monoisotopic (exact) mass is 289 g/mol. The van der Waals surface area contributed by atoms with Crippen LogP contribution in [0.25, 0.3) is 0 Å². The van der Waals surface area contributed by atoms with Crippen LogP contribution < -0.4 is 5.32 Å². The molecule has 0 radical (unpaired) electrons. The van der Waals surface area contributed by atoms with Gasteiger partial charge < -0.3 is 10.1 Å². The summed E-state index contributed by atoms with van der Waals surface area (Å²) in [5, 5.41) is 3.46. The fraction of sp³-hybridized carbons (Fsp3) is 0.684. The summed E-state index contributed by atoms with van der Waals surface area (Å²) in [5.74, 6) is 0. The van der Waals surface area contributed by atoms with Gasteiger partial charge in [0.1, 0.15) is 0 Å².